The zero-order valence-electron chi connectivity index (χ0n) is 10.5. The summed E-state index contributed by atoms with van der Waals surface area (Å²) in [6.45, 7) is 4.95. The van der Waals surface area contributed by atoms with Gasteiger partial charge in [-0.2, -0.15) is 0 Å². The molecule has 1 aromatic carbocycles. The fourth-order valence-corrected chi connectivity index (χ4v) is 2.06. The Bertz CT molecular complexity index is 401. The maximum Gasteiger partial charge on any atom is 0.242 e. The summed E-state index contributed by atoms with van der Waals surface area (Å²) in [6, 6.07) is 8.12. The average molecular weight is 232 g/mol. The van der Waals surface area contributed by atoms with Crippen molar-refractivity contribution in [2.75, 3.05) is 11.9 Å². The molecule has 1 aliphatic heterocycles. The maximum atomic E-state index is 11.9. The number of para-hydroxylation sites is 1. The van der Waals surface area contributed by atoms with Crippen LogP contribution >= 0.6 is 0 Å². The second-order valence-corrected chi connectivity index (χ2v) is 5.03. The molecule has 0 radical (unpaired) electrons. The Balaban J connectivity index is 1.95. The van der Waals surface area contributed by atoms with E-state index in [1.165, 1.54) is 5.56 Å². The van der Waals surface area contributed by atoms with E-state index in [0.717, 1.165) is 25.1 Å². The van der Waals surface area contributed by atoms with Crippen LogP contribution in [0, 0.1) is 5.92 Å². The monoisotopic (exact) mass is 232 g/mol. The molecule has 0 saturated heterocycles. The van der Waals surface area contributed by atoms with Gasteiger partial charge >= 0.3 is 0 Å². The molecule has 0 aliphatic carbocycles. The van der Waals surface area contributed by atoms with Crippen molar-refractivity contribution >= 4 is 11.6 Å². The van der Waals surface area contributed by atoms with Crippen molar-refractivity contribution in [1.82, 2.24) is 5.32 Å². The molecule has 0 fully saturated rings. The highest BCUT2D eigenvalue weighted by Gasteiger charge is 2.23. The van der Waals surface area contributed by atoms with Gasteiger partial charge in [0.25, 0.3) is 0 Å². The van der Waals surface area contributed by atoms with E-state index in [0.29, 0.717) is 5.92 Å². The molecule has 17 heavy (non-hydrogen) atoms. The van der Waals surface area contributed by atoms with Crippen molar-refractivity contribution in [2.24, 2.45) is 5.92 Å². The van der Waals surface area contributed by atoms with Crippen LogP contribution < -0.4 is 10.6 Å². The lowest BCUT2D eigenvalue weighted by Crippen LogP contribution is -2.42. The van der Waals surface area contributed by atoms with E-state index in [2.05, 4.69) is 30.5 Å². The van der Waals surface area contributed by atoms with Crippen LogP contribution in [0.3, 0.4) is 0 Å². The van der Waals surface area contributed by atoms with E-state index in [4.69, 9.17) is 0 Å². The molecule has 0 spiro atoms. The summed E-state index contributed by atoms with van der Waals surface area (Å²) in [5.41, 5.74) is 2.41. The Labute approximate surface area is 103 Å². The highest BCUT2D eigenvalue weighted by atomic mass is 16.2. The minimum atomic E-state index is -0.0800. The summed E-state index contributed by atoms with van der Waals surface area (Å²) in [7, 11) is 0. The molecule has 1 amide bonds. The highest BCUT2D eigenvalue weighted by Crippen LogP contribution is 2.24. The number of rotatable bonds is 3. The summed E-state index contributed by atoms with van der Waals surface area (Å²) in [6.07, 6.45) is 1.85. The van der Waals surface area contributed by atoms with E-state index < -0.39 is 0 Å². The smallest absolute Gasteiger partial charge is 0.242 e. The van der Waals surface area contributed by atoms with Crippen molar-refractivity contribution in [3.63, 3.8) is 0 Å². The fourth-order valence-electron chi connectivity index (χ4n) is 2.06. The second kappa shape index (κ2) is 5.21. The molecule has 1 atom stereocenters. The molecule has 0 saturated carbocycles. The molecule has 3 heteroatoms. The second-order valence-electron chi connectivity index (χ2n) is 5.03. The third-order valence-corrected chi connectivity index (χ3v) is 3.05. The number of aryl methyl sites for hydroxylation is 1. The van der Waals surface area contributed by atoms with Crippen molar-refractivity contribution in [3.05, 3.63) is 29.8 Å². The number of carbonyl (C=O) groups excluding carboxylic acids is 1. The summed E-state index contributed by atoms with van der Waals surface area (Å²) in [4.78, 5) is 11.9. The quantitative estimate of drug-likeness (QED) is 0.838. The fraction of sp³-hybridized carbons (Fsp3) is 0.500. The van der Waals surface area contributed by atoms with Gasteiger partial charge in [-0.25, -0.2) is 0 Å². The van der Waals surface area contributed by atoms with Gasteiger partial charge in [-0.3, -0.25) is 4.79 Å². The Hall–Kier alpha value is -1.51. The topological polar surface area (TPSA) is 41.1 Å². The normalized spacial score (nSPS) is 18.4. The predicted molar refractivity (Wildman–Crippen MR) is 70.0 cm³/mol. The number of carbonyl (C=O) groups is 1. The van der Waals surface area contributed by atoms with Crippen LogP contribution in [0.15, 0.2) is 24.3 Å². The Morgan fingerprint density at radius 1 is 1.47 bits per heavy atom. The van der Waals surface area contributed by atoms with Crippen molar-refractivity contribution in [1.29, 1.82) is 0 Å². The molecule has 0 bridgehead atoms. The van der Waals surface area contributed by atoms with Gasteiger partial charge in [0.15, 0.2) is 0 Å². The first-order valence-corrected chi connectivity index (χ1v) is 6.29. The Morgan fingerprint density at radius 2 is 2.24 bits per heavy atom. The summed E-state index contributed by atoms with van der Waals surface area (Å²) < 4.78 is 0. The third-order valence-electron chi connectivity index (χ3n) is 3.05. The van der Waals surface area contributed by atoms with Gasteiger partial charge in [0.2, 0.25) is 5.91 Å². The van der Waals surface area contributed by atoms with Gasteiger partial charge < -0.3 is 10.6 Å². The van der Waals surface area contributed by atoms with Gasteiger partial charge in [0.1, 0.15) is 6.04 Å². The number of benzene rings is 1. The van der Waals surface area contributed by atoms with Crippen LogP contribution in [0.5, 0.6) is 0 Å². The predicted octanol–water partition coefficient (Wildman–Crippen LogP) is 2.19. The van der Waals surface area contributed by atoms with Crippen molar-refractivity contribution in [3.8, 4) is 0 Å². The third kappa shape index (κ3) is 2.99. The summed E-state index contributed by atoms with van der Waals surface area (Å²) >= 11 is 0. The molecule has 3 nitrogen and oxygen atoms in total. The van der Waals surface area contributed by atoms with Gasteiger partial charge in [-0.15, -0.1) is 0 Å². The van der Waals surface area contributed by atoms with Crippen LogP contribution in [-0.4, -0.2) is 18.5 Å². The van der Waals surface area contributed by atoms with Crippen LogP contribution in [0.4, 0.5) is 5.69 Å². The van der Waals surface area contributed by atoms with E-state index in [-0.39, 0.29) is 11.9 Å². The van der Waals surface area contributed by atoms with Gasteiger partial charge in [0.05, 0.1) is 0 Å². The molecule has 1 heterocycles. The highest BCUT2D eigenvalue weighted by molar-refractivity contribution is 5.85. The maximum absolute atomic E-state index is 11.9. The van der Waals surface area contributed by atoms with Gasteiger partial charge in [-0.1, -0.05) is 32.0 Å². The molecule has 0 aromatic heterocycles. The standard InChI is InChI=1S/C14H20N2O/c1-10(2)9-15-14(17)13-8-7-11-5-3-4-6-12(11)16-13/h3-6,10,13,16H,7-9H2,1-2H3,(H,15,17). The molecule has 1 aliphatic rings. The SMILES string of the molecule is CC(C)CNC(=O)C1CCc2ccccc2N1. The van der Waals surface area contributed by atoms with Crippen LogP contribution in [0.1, 0.15) is 25.8 Å². The van der Waals surface area contributed by atoms with Crippen molar-refractivity contribution in [2.45, 2.75) is 32.7 Å². The largest absolute Gasteiger partial charge is 0.373 e. The lowest BCUT2D eigenvalue weighted by molar-refractivity contribution is -0.122. The number of amides is 1. The Morgan fingerprint density at radius 3 is 3.00 bits per heavy atom. The number of hydrogen-bond acceptors (Lipinski definition) is 2. The van der Waals surface area contributed by atoms with E-state index in [1.54, 1.807) is 0 Å². The average Bonchev–Trinajstić information content (AvgIpc) is 2.35. The minimum Gasteiger partial charge on any atom is -0.373 e. The van der Waals surface area contributed by atoms with E-state index >= 15 is 0 Å². The molecule has 1 unspecified atom stereocenters. The number of fused-ring (bicyclic) bond motifs is 1. The lowest BCUT2D eigenvalue weighted by atomic mass is 9.97. The zero-order valence-corrected chi connectivity index (χ0v) is 10.5. The number of nitrogens with one attached hydrogen (secondary N) is 2. The van der Waals surface area contributed by atoms with E-state index in [1.807, 2.05) is 18.2 Å². The first-order chi connectivity index (χ1) is 8.16. The number of hydrogen-bond donors (Lipinski definition) is 2. The molecule has 2 rings (SSSR count). The molecule has 1 aromatic rings. The van der Waals surface area contributed by atoms with Gasteiger partial charge in [-0.05, 0) is 30.4 Å². The summed E-state index contributed by atoms with van der Waals surface area (Å²) in [5.74, 6) is 0.614. The van der Waals surface area contributed by atoms with Crippen molar-refractivity contribution < 1.29 is 4.79 Å². The lowest BCUT2D eigenvalue weighted by Gasteiger charge is -2.26. The van der Waals surface area contributed by atoms with Crippen LogP contribution in [-0.2, 0) is 11.2 Å². The molecule has 92 valence electrons. The molecule has 2 N–H and O–H groups in total. The first-order valence-electron chi connectivity index (χ1n) is 6.29. The van der Waals surface area contributed by atoms with Crippen LogP contribution in [0.25, 0.3) is 0 Å². The Kier molecular flexibility index (Phi) is 3.67. The minimum absolute atomic E-state index is 0.0800. The van der Waals surface area contributed by atoms with Crippen LogP contribution in [0.2, 0.25) is 0 Å². The molecular formula is C14H20N2O. The molecular weight excluding hydrogens is 212 g/mol. The zero-order chi connectivity index (χ0) is 12.3. The number of anilines is 1. The summed E-state index contributed by atoms with van der Waals surface area (Å²) in [5, 5.41) is 6.29. The van der Waals surface area contributed by atoms with Gasteiger partial charge in [0, 0.05) is 12.2 Å². The van der Waals surface area contributed by atoms with E-state index in [9.17, 15) is 4.79 Å². The first kappa shape index (κ1) is 12.0.